The Kier molecular flexibility index (Phi) is 7.85. The number of rotatable bonds is 9. The van der Waals surface area contributed by atoms with Crippen LogP contribution in [0.25, 0.3) is 16.0 Å². The minimum atomic E-state index is -1.51. The number of aryl methyl sites for hydroxylation is 2. The standard InChI is InChI=1S/C30H33NO5S/c1-19-15-25(35-14-13-30(4,5)33)16-20(2)29(19)26-8-6-7-23(21(26)3)18-36-24-11-9-22(10-12-24)27-17-28(32)31-37(27)34/h6-12,15-17,33H,13-14,18H2,1-5H3,(H,31,32). The van der Waals surface area contributed by atoms with Crippen LogP contribution < -0.4 is 14.2 Å². The fourth-order valence-electron chi connectivity index (χ4n) is 4.38. The summed E-state index contributed by atoms with van der Waals surface area (Å²) in [6.45, 7) is 10.7. The first-order valence-corrected chi connectivity index (χ1v) is 13.4. The van der Waals surface area contributed by atoms with E-state index in [9.17, 15) is 14.1 Å². The molecule has 1 atom stereocenters. The van der Waals surface area contributed by atoms with Gasteiger partial charge < -0.3 is 14.6 Å². The summed E-state index contributed by atoms with van der Waals surface area (Å²) >= 11 is 0. The summed E-state index contributed by atoms with van der Waals surface area (Å²) in [5.74, 6) is 1.15. The number of ether oxygens (including phenoxy) is 2. The van der Waals surface area contributed by atoms with Crippen LogP contribution in [0.5, 0.6) is 11.5 Å². The first kappa shape index (κ1) is 26.6. The summed E-state index contributed by atoms with van der Waals surface area (Å²) < 4.78 is 26.3. The van der Waals surface area contributed by atoms with Crippen LogP contribution in [0.2, 0.25) is 0 Å². The van der Waals surface area contributed by atoms with E-state index >= 15 is 0 Å². The lowest BCUT2D eigenvalue weighted by molar-refractivity contribution is -0.114. The van der Waals surface area contributed by atoms with Crippen molar-refractivity contribution in [3.05, 3.63) is 88.5 Å². The third-order valence-electron chi connectivity index (χ3n) is 6.39. The number of carbonyl (C=O) groups excluding carboxylic acids is 1. The van der Waals surface area contributed by atoms with Gasteiger partial charge in [-0.15, -0.1) is 0 Å². The zero-order chi connectivity index (χ0) is 26.7. The van der Waals surface area contributed by atoms with Crippen LogP contribution in [-0.2, 0) is 22.4 Å². The Hall–Kier alpha value is -3.42. The van der Waals surface area contributed by atoms with Crippen LogP contribution in [0.4, 0.5) is 0 Å². The first-order chi connectivity index (χ1) is 17.5. The van der Waals surface area contributed by atoms with E-state index < -0.39 is 16.6 Å². The highest BCUT2D eigenvalue weighted by Crippen LogP contribution is 2.34. The van der Waals surface area contributed by atoms with Crippen molar-refractivity contribution in [3.63, 3.8) is 0 Å². The van der Waals surface area contributed by atoms with Crippen molar-refractivity contribution in [2.24, 2.45) is 0 Å². The second-order valence-corrected chi connectivity index (χ2v) is 11.2. The molecule has 7 heteroatoms. The SMILES string of the molecule is Cc1cc(OCCC(C)(C)O)cc(C)c1-c1cccc(COc2ccc(C3=CC(=O)NS3=O)cc2)c1C. The first-order valence-electron chi connectivity index (χ1n) is 12.2. The molecular weight excluding hydrogens is 486 g/mol. The van der Waals surface area contributed by atoms with Crippen LogP contribution in [0.1, 0.15) is 48.1 Å². The van der Waals surface area contributed by atoms with Gasteiger partial charge in [-0.3, -0.25) is 9.52 Å². The van der Waals surface area contributed by atoms with E-state index in [1.165, 1.54) is 11.6 Å². The monoisotopic (exact) mass is 519 g/mol. The molecule has 1 aliphatic rings. The number of hydrogen-bond acceptors (Lipinski definition) is 5. The smallest absolute Gasteiger partial charge is 0.257 e. The molecule has 6 nitrogen and oxygen atoms in total. The topological polar surface area (TPSA) is 84.9 Å². The Morgan fingerprint density at radius 3 is 2.22 bits per heavy atom. The Morgan fingerprint density at radius 1 is 0.946 bits per heavy atom. The van der Waals surface area contributed by atoms with E-state index in [1.54, 1.807) is 26.0 Å². The van der Waals surface area contributed by atoms with Gasteiger partial charge in [-0.25, -0.2) is 4.21 Å². The summed E-state index contributed by atoms with van der Waals surface area (Å²) in [4.78, 5) is 11.9. The summed E-state index contributed by atoms with van der Waals surface area (Å²) in [5, 5.41) is 9.93. The predicted octanol–water partition coefficient (Wildman–Crippen LogP) is 5.53. The number of aliphatic hydroxyl groups is 1. The molecule has 0 aromatic heterocycles. The zero-order valence-corrected chi connectivity index (χ0v) is 22.7. The van der Waals surface area contributed by atoms with Gasteiger partial charge >= 0.3 is 0 Å². The molecule has 1 amide bonds. The molecule has 3 aromatic rings. The second kappa shape index (κ2) is 10.9. The van der Waals surface area contributed by atoms with E-state index in [0.29, 0.717) is 30.3 Å². The molecular formula is C30H33NO5S. The lowest BCUT2D eigenvalue weighted by atomic mass is 9.90. The minimum absolute atomic E-state index is 0.345. The molecule has 0 aliphatic carbocycles. The quantitative estimate of drug-likeness (QED) is 0.388. The highest BCUT2D eigenvalue weighted by atomic mass is 32.2. The van der Waals surface area contributed by atoms with Gasteiger partial charge in [0.2, 0.25) is 0 Å². The third-order valence-corrected chi connectivity index (χ3v) is 7.53. The van der Waals surface area contributed by atoms with Gasteiger partial charge in [0.1, 0.15) is 18.1 Å². The van der Waals surface area contributed by atoms with Gasteiger partial charge in [0.25, 0.3) is 5.91 Å². The molecule has 4 rings (SSSR count). The van der Waals surface area contributed by atoms with Gasteiger partial charge in [-0.2, -0.15) is 0 Å². The largest absolute Gasteiger partial charge is 0.493 e. The van der Waals surface area contributed by atoms with Crippen molar-refractivity contribution in [3.8, 4) is 22.6 Å². The summed E-state index contributed by atoms with van der Waals surface area (Å²) in [5.41, 5.74) is 6.79. The number of amides is 1. The van der Waals surface area contributed by atoms with E-state index in [-0.39, 0.29) is 5.91 Å². The predicted molar refractivity (Wildman–Crippen MR) is 148 cm³/mol. The molecule has 1 heterocycles. The van der Waals surface area contributed by atoms with Crippen molar-refractivity contribution >= 4 is 21.8 Å². The number of hydrogen-bond donors (Lipinski definition) is 2. The molecule has 0 saturated heterocycles. The van der Waals surface area contributed by atoms with Crippen LogP contribution in [0.15, 0.2) is 60.7 Å². The minimum Gasteiger partial charge on any atom is -0.493 e. The van der Waals surface area contributed by atoms with Gasteiger partial charge in [-0.1, -0.05) is 30.3 Å². The van der Waals surface area contributed by atoms with E-state index in [2.05, 4.69) is 37.6 Å². The van der Waals surface area contributed by atoms with Crippen LogP contribution >= 0.6 is 0 Å². The van der Waals surface area contributed by atoms with Crippen molar-refractivity contribution in [1.82, 2.24) is 4.72 Å². The maximum absolute atomic E-state index is 12.0. The molecule has 1 aliphatic heterocycles. The maximum atomic E-state index is 12.0. The molecule has 0 spiro atoms. The zero-order valence-electron chi connectivity index (χ0n) is 21.9. The Morgan fingerprint density at radius 2 is 1.62 bits per heavy atom. The number of carbonyl (C=O) groups is 1. The fraction of sp³-hybridized carbons (Fsp3) is 0.300. The normalized spacial score (nSPS) is 15.4. The second-order valence-electron chi connectivity index (χ2n) is 9.99. The molecule has 0 bridgehead atoms. The average Bonchev–Trinajstić information content (AvgIpc) is 3.16. The van der Waals surface area contributed by atoms with Crippen molar-refractivity contribution in [2.45, 2.75) is 53.2 Å². The molecule has 0 radical (unpaired) electrons. The number of benzene rings is 3. The van der Waals surface area contributed by atoms with Gasteiger partial charge in [0, 0.05) is 12.5 Å². The summed E-state index contributed by atoms with van der Waals surface area (Å²) in [6.07, 6.45) is 1.92. The van der Waals surface area contributed by atoms with Crippen molar-refractivity contribution < 1.29 is 23.6 Å². The highest BCUT2D eigenvalue weighted by molar-refractivity contribution is 7.93. The van der Waals surface area contributed by atoms with Crippen LogP contribution in [0.3, 0.4) is 0 Å². The molecule has 194 valence electrons. The van der Waals surface area contributed by atoms with Gasteiger partial charge in [0.05, 0.1) is 17.1 Å². The summed E-state index contributed by atoms with van der Waals surface area (Å²) in [7, 11) is -1.51. The average molecular weight is 520 g/mol. The third kappa shape index (κ3) is 6.48. The Labute approximate surface area is 220 Å². The van der Waals surface area contributed by atoms with E-state index in [4.69, 9.17) is 9.47 Å². The van der Waals surface area contributed by atoms with E-state index in [1.807, 2.05) is 30.3 Å². The Balaban J connectivity index is 1.48. The van der Waals surface area contributed by atoms with E-state index in [0.717, 1.165) is 39.1 Å². The van der Waals surface area contributed by atoms with Crippen molar-refractivity contribution in [1.29, 1.82) is 0 Å². The Bertz CT molecular complexity index is 1350. The van der Waals surface area contributed by atoms with Crippen molar-refractivity contribution in [2.75, 3.05) is 6.61 Å². The molecule has 2 N–H and O–H groups in total. The number of nitrogens with one attached hydrogen (secondary N) is 1. The molecule has 37 heavy (non-hydrogen) atoms. The molecule has 1 unspecified atom stereocenters. The lowest BCUT2D eigenvalue weighted by Gasteiger charge is -2.19. The molecule has 0 saturated carbocycles. The van der Waals surface area contributed by atoms with Crippen LogP contribution in [-0.4, -0.2) is 27.4 Å². The maximum Gasteiger partial charge on any atom is 0.257 e. The van der Waals surface area contributed by atoms with Gasteiger partial charge in [0.15, 0.2) is 11.0 Å². The molecule has 0 fully saturated rings. The van der Waals surface area contributed by atoms with Gasteiger partial charge in [-0.05, 0) is 97.8 Å². The summed E-state index contributed by atoms with van der Waals surface area (Å²) in [6, 6.07) is 17.6. The lowest BCUT2D eigenvalue weighted by Crippen LogP contribution is -2.21. The highest BCUT2D eigenvalue weighted by Gasteiger charge is 2.21. The van der Waals surface area contributed by atoms with Crippen LogP contribution in [0, 0.1) is 20.8 Å². The fourth-order valence-corrected chi connectivity index (χ4v) is 5.29. The molecule has 3 aromatic carbocycles.